The quantitative estimate of drug-likeness (QED) is 0.753. The third-order valence-electron chi connectivity index (χ3n) is 3.34. The number of nitrogens with zero attached hydrogens (tertiary/aromatic N) is 3. The Morgan fingerprint density at radius 2 is 2.00 bits per heavy atom. The Balaban J connectivity index is 1.67. The molecule has 21 heavy (non-hydrogen) atoms. The van der Waals surface area contributed by atoms with Crippen molar-refractivity contribution in [1.82, 2.24) is 14.6 Å². The van der Waals surface area contributed by atoms with Crippen LogP contribution in [0.4, 0.5) is 5.69 Å². The molecular formula is C16H18N4O. The summed E-state index contributed by atoms with van der Waals surface area (Å²) >= 11 is 0. The summed E-state index contributed by atoms with van der Waals surface area (Å²) in [4.78, 5) is 4.39. The number of aliphatic hydroxyl groups is 1. The zero-order chi connectivity index (χ0) is 14.7. The maximum atomic E-state index is 8.90. The number of aromatic nitrogens is 3. The summed E-state index contributed by atoms with van der Waals surface area (Å²) < 4.78 is 1.80. The monoisotopic (exact) mass is 282 g/mol. The van der Waals surface area contributed by atoms with E-state index in [0.29, 0.717) is 13.0 Å². The van der Waals surface area contributed by atoms with E-state index < -0.39 is 0 Å². The number of nitrogens with one attached hydrogen (secondary N) is 1. The lowest BCUT2D eigenvalue weighted by Crippen LogP contribution is -2.02. The summed E-state index contributed by atoms with van der Waals surface area (Å²) in [6.07, 6.45) is 4.55. The molecule has 5 heteroatoms. The van der Waals surface area contributed by atoms with Crippen LogP contribution < -0.4 is 5.32 Å². The van der Waals surface area contributed by atoms with Gasteiger partial charge in [-0.2, -0.15) is 5.10 Å². The fraction of sp³-hybridized carbons (Fsp3) is 0.250. The van der Waals surface area contributed by atoms with E-state index in [1.807, 2.05) is 49.6 Å². The van der Waals surface area contributed by atoms with Gasteiger partial charge in [-0.15, -0.1) is 0 Å². The minimum atomic E-state index is 0.182. The summed E-state index contributed by atoms with van der Waals surface area (Å²) in [6.45, 7) is 2.84. The Morgan fingerprint density at radius 3 is 2.76 bits per heavy atom. The first kappa shape index (κ1) is 13.6. The van der Waals surface area contributed by atoms with Gasteiger partial charge in [0.15, 0.2) is 5.65 Å². The second-order valence-corrected chi connectivity index (χ2v) is 5.07. The Bertz CT molecular complexity index is 734. The molecule has 0 aliphatic rings. The molecule has 108 valence electrons. The van der Waals surface area contributed by atoms with Crippen molar-refractivity contribution < 1.29 is 5.11 Å². The van der Waals surface area contributed by atoms with Gasteiger partial charge in [0.1, 0.15) is 0 Å². The largest absolute Gasteiger partial charge is 0.396 e. The highest BCUT2D eigenvalue weighted by atomic mass is 16.2. The number of rotatable bonds is 5. The average Bonchev–Trinajstić information content (AvgIpc) is 2.86. The smallest absolute Gasteiger partial charge is 0.155 e. The van der Waals surface area contributed by atoms with Crippen LogP contribution in [0.15, 0.2) is 42.7 Å². The van der Waals surface area contributed by atoms with Crippen LogP contribution in [0.1, 0.15) is 16.8 Å². The number of hydrogen-bond donors (Lipinski definition) is 2. The van der Waals surface area contributed by atoms with Crippen molar-refractivity contribution in [2.75, 3.05) is 11.9 Å². The summed E-state index contributed by atoms with van der Waals surface area (Å²) in [5.74, 6) is 0. The second kappa shape index (κ2) is 5.93. The molecule has 2 N–H and O–H groups in total. The van der Waals surface area contributed by atoms with Gasteiger partial charge in [-0.3, -0.25) is 0 Å². The summed E-state index contributed by atoms with van der Waals surface area (Å²) in [6, 6.07) is 10.1. The van der Waals surface area contributed by atoms with Crippen LogP contribution in [0.2, 0.25) is 0 Å². The number of fused-ring (bicyclic) bond motifs is 1. The molecule has 3 rings (SSSR count). The van der Waals surface area contributed by atoms with E-state index in [1.165, 1.54) is 0 Å². The molecule has 2 aromatic heterocycles. The maximum absolute atomic E-state index is 8.90. The predicted molar refractivity (Wildman–Crippen MR) is 82.3 cm³/mol. The van der Waals surface area contributed by atoms with Gasteiger partial charge in [-0.1, -0.05) is 12.1 Å². The fourth-order valence-corrected chi connectivity index (χ4v) is 2.25. The van der Waals surface area contributed by atoms with E-state index in [2.05, 4.69) is 15.4 Å². The molecule has 3 aromatic rings. The third-order valence-corrected chi connectivity index (χ3v) is 3.34. The number of aliphatic hydroxyl groups excluding tert-OH is 1. The number of benzene rings is 1. The van der Waals surface area contributed by atoms with Crippen molar-refractivity contribution in [2.24, 2.45) is 0 Å². The van der Waals surface area contributed by atoms with E-state index in [9.17, 15) is 0 Å². The van der Waals surface area contributed by atoms with Crippen molar-refractivity contribution >= 4 is 11.3 Å². The van der Waals surface area contributed by atoms with Gasteiger partial charge >= 0.3 is 0 Å². The molecule has 0 aliphatic heterocycles. The van der Waals surface area contributed by atoms with Gasteiger partial charge in [0.05, 0.1) is 5.69 Å². The third kappa shape index (κ3) is 3.20. The predicted octanol–water partition coefficient (Wildman–Crippen LogP) is 2.18. The Hall–Kier alpha value is -2.40. The van der Waals surface area contributed by atoms with Gasteiger partial charge < -0.3 is 10.4 Å². The first-order valence-electron chi connectivity index (χ1n) is 6.99. The van der Waals surface area contributed by atoms with Crippen LogP contribution in [-0.4, -0.2) is 26.3 Å². The lowest BCUT2D eigenvalue weighted by Gasteiger charge is -2.07. The molecule has 2 heterocycles. The summed E-state index contributed by atoms with van der Waals surface area (Å²) in [7, 11) is 0. The SMILES string of the molecule is Cc1cc2ncc(CNc3ccc(CCO)cc3)cn2n1. The van der Waals surface area contributed by atoms with E-state index in [-0.39, 0.29) is 6.61 Å². The molecule has 0 fully saturated rings. The van der Waals surface area contributed by atoms with E-state index >= 15 is 0 Å². The van der Waals surface area contributed by atoms with Crippen molar-refractivity contribution in [3.05, 3.63) is 59.5 Å². The van der Waals surface area contributed by atoms with Crippen molar-refractivity contribution in [3.63, 3.8) is 0 Å². The minimum Gasteiger partial charge on any atom is -0.396 e. The fourth-order valence-electron chi connectivity index (χ4n) is 2.25. The average molecular weight is 282 g/mol. The minimum absolute atomic E-state index is 0.182. The molecule has 0 unspecified atom stereocenters. The van der Waals surface area contributed by atoms with Gasteiger partial charge in [-0.05, 0) is 31.0 Å². The van der Waals surface area contributed by atoms with Crippen molar-refractivity contribution in [1.29, 1.82) is 0 Å². The molecular weight excluding hydrogens is 264 g/mol. The highest BCUT2D eigenvalue weighted by Gasteiger charge is 2.01. The van der Waals surface area contributed by atoms with Gasteiger partial charge in [-0.25, -0.2) is 9.50 Å². The number of hydrogen-bond acceptors (Lipinski definition) is 4. The highest BCUT2D eigenvalue weighted by molar-refractivity contribution is 5.45. The van der Waals surface area contributed by atoms with Crippen molar-refractivity contribution in [2.45, 2.75) is 19.9 Å². The van der Waals surface area contributed by atoms with Crippen LogP contribution >= 0.6 is 0 Å². The van der Waals surface area contributed by atoms with Gasteiger partial charge in [0, 0.05) is 42.9 Å². The molecule has 0 radical (unpaired) electrons. The van der Waals surface area contributed by atoms with Crippen LogP contribution in [0.3, 0.4) is 0 Å². The molecule has 1 aromatic carbocycles. The normalized spacial score (nSPS) is 11.0. The summed E-state index contributed by atoms with van der Waals surface area (Å²) in [5, 5.41) is 16.6. The highest BCUT2D eigenvalue weighted by Crippen LogP contribution is 2.12. The molecule has 0 bridgehead atoms. The Labute approximate surface area is 123 Å². The van der Waals surface area contributed by atoms with E-state index in [0.717, 1.165) is 28.2 Å². The lowest BCUT2D eigenvalue weighted by molar-refractivity contribution is 0.299. The zero-order valence-electron chi connectivity index (χ0n) is 12.0. The van der Waals surface area contributed by atoms with Gasteiger partial charge in [0.2, 0.25) is 0 Å². The standard InChI is InChI=1S/C16H18N4O/c1-12-8-16-18-10-14(11-20(16)19-12)9-17-15-4-2-13(3-5-15)6-7-21/h2-5,8,10-11,17,21H,6-7,9H2,1H3. The van der Waals surface area contributed by atoms with E-state index in [1.54, 1.807) is 4.52 Å². The van der Waals surface area contributed by atoms with Crippen LogP contribution in [0.25, 0.3) is 5.65 Å². The molecule has 0 amide bonds. The van der Waals surface area contributed by atoms with Crippen LogP contribution in [-0.2, 0) is 13.0 Å². The van der Waals surface area contributed by atoms with Gasteiger partial charge in [0.25, 0.3) is 0 Å². The molecule has 5 nitrogen and oxygen atoms in total. The van der Waals surface area contributed by atoms with Crippen molar-refractivity contribution in [3.8, 4) is 0 Å². The van der Waals surface area contributed by atoms with E-state index in [4.69, 9.17) is 5.11 Å². The first-order valence-corrected chi connectivity index (χ1v) is 6.99. The second-order valence-electron chi connectivity index (χ2n) is 5.07. The molecule has 0 atom stereocenters. The zero-order valence-corrected chi connectivity index (χ0v) is 12.0. The molecule has 0 saturated heterocycles. The maximum Gasteiger partial charge on any atom is 0.155 e. The van der Waals surface area contributed by atoms with Crippen LogP contribution in [0, 0.1) is 6.92 Å². The molecule has 0 spiro atoms. The Morgan fingerprint density at radius 1 is 1.19 bits per heavy atom. The molecule has 0 aliphatic carbocycles. The molecule has 0 saturated carbocycles. The Kier molecular flexibility index (Phi) is 3.83. The summed E-state index contributed by atoms with van der Waals surface area (Å²) in [5.41, 5.74) is 5.09. The lowest BCUT2D eigenvalue weighted by atomic mass is 10.1. The topological polar surface area (TPSA) is 62.5 Å². The number of aryl methyl sites for hydroxylation is 1. The van der Waals surface area contributed by atoms with Crippen LogP contribution in [0.5, 0.6) is 0 Å². The number of anilines is 1. The first-order chi connectivity index (χ1) is 10.2.